The molecule has 0 unspecified atom stereocenters. The molecule has 1 aromatic rings. The predicted molar refractivity (Wildman–Crippen MR) is 103 cm³/mol. The molecule has 2 heterocycles. The van der Waals surface area contributed by atoms with E-state index in [1.165, 1.54) is 25.8 Å². The number of amides is 2. The second-order valence-electron chi connectivity index (χ2n) is 7.61. The Hall–Kier alpha value is -1.88. The van der Waals surface area contributed by atoms with Crippen LogP contribution in [0.1, 0.15) is 61.4 Å². The van der Waals surface area contributed by atoms with Crippen molar-refractivity contribution in [1.29, 1.82) is 0 Å². The minimum absolute atomic E-state index is 0.0134. The van der Waals surface area contributed by atoms with Crippen molar-refractivity contribution in [3.8, 4) is 0 Å². The van der Waals surface area contributed by atoms with Crippen LogP contribution in [0.25, 0.3) is 0 Å². The Morgan fingerprint density at radius 1 is 1.15 bits per heavy atom. The van der Waals surface area contributed by atoms with Crippen molar-refractivity contribution in [1.82, 2.24) is 15.1 Å². The average molecular weight is 357 g/mol. The third kappa shape index (κ3) is 5.07. The van der Waals surface area contributed by atoms with Gasteiger partial charge in [-0.3, -0.25) is 9.59 Å². The number of likely N-dealkylation sites (tertiary alicyclic amines) is 2. The quantitative estimate of drug-likeness (QED) is 0.764. The number of carbonyl (C=O) groups excluding carboxylic acids is 2. The first-order valence-electron chi connectivity index (χ1n) is 10.0. The molecule has 2 fully saturated rings. The number of carbonyl (C=O) groups is 2. The average Bonchev–Trinajstić information content (AvgIpc) is 3.05. The fourth-order valence-corrected chi connectivity index (χ4v) is 3.93. The molecule has 0 aliphatic carbocycles. The Bertz CT molecular complexity index is 614. The fourth-order valence-electron chi connectivity index (χ4n) is 3.93. The van der Waals surface area contributed by atoms with E-state index in [9.17, 15) is 9.59 Å². The van der Waals surface area contributed by atoms with Gasteiger partial charge in [0, 0.05) is 44.2 Å². The molecule has 1 atom stereocenters. The maximum Gasteiger partial charge on any atom is 0.251 e. The van der Waals surface area contributed by atoms with Crippen molar-refractivity contribution < 1.29 is 9.59 Å². The Morgan fingerprint density at radius 2 is 1.96 bits per heavy atom. The van der Waals surface area contributed by atoms with Gasteiger partial charge in [0.05, 0.1) is 0 Å². The number of rotatable bonds is 7. The lowest BCUT2D eigenvalue weighted by Crippen LogP contribution is -2.39. The first-order valence-corrected chi connectivity index (χ1v) is 10.0. The highest BCUT2D eigenvalue weighted by atomic mass is 16.2. The molecule has 0 saturated carbocycles. The van der Waals surface area contributed by atoms with Gasteiger partial charge in [-0.15, -0.1) is 0 Å². The van der Waals surface area contributed by atoms with E-state index >= 15 is 0 Å². The number of hydrogen-bond donors (Lipinski definition) is 1. The van der Waals surface area contributed by atoms with Crippen LogP contribution >= 0.6 is 0 Å². The van der Waals surface area contributed by atoms with E-state index in [1.807, 2.05) is 29.2 Å². The van der Waals surface area contributed by atoms with Crippen molar-refractivity contribution in [2.45, 2.75) is 58.0 Å². The summed E-state index contributed by atoms with van der Waals surface area (Å²) in [6.45, 7) is 6.76. The second-order valence-corrected chi connectivity index (χ2v) is 7.61. The highest BCUT2D eigenvalue weighted by Crippen LogP contribution is 2.16. The second kappa shape index (κ2) is 9.17. The molecule has 1 aromatic carbocycles. The van der Waals surface area contributed by atoms with E-state index in [4.69, 9.17) is 0 Å². The first-order chi connectivity index (χ1) is 12.6. The molecule has 0 radical (unpaired) electrons. The molecule has 0 bridgehead atoms. The van der Waals surface area contributed by atoms with Gasteiger partial charge < -0.3 is 15.1 Å². The lowest BCUT2D eigenvalue weighted by Gasteiger charge is -2.33. The molecule has 0 spiro atoms. The molecule has 26 heavy (non-hydrogen) atoms. The molecular formula is C21H31N3O2. The summed E-state index contributed by atoms with van der Waals surface area (Å²) in [5.41, 5.74) is 1.77. The van der Waals surface area contributed by atoms with Crippen LogP contribution < -0.4 is 5.32 Å². The summed E-state index contributed by atoms with van der Waals surface area (Å²) in [5, 5.41) is 3.02. The van der Waals surface area contributed by atoms with Crippen molar-refractivity contribution in [2.24, 2.45) is 0 Å². The molecule has 5 heteroatoms. The van der Waals surface area contributed by atoms with E-state index in [0.29, 0.717) is 31.1 Å². The molecule has 2 aliphatic rings. The van der Waals surface area contributed by atoms with Crippen LogP contribution in [0.15, 0.2) is 24.3 Å². The van der Waals surface area contributed by atoms with Gasteiger partial charge in [0.2, 0.25) is 5.91 Å². The van der Waals surface area contributed by atoms with Crippen molar-refractivity contribution in [2.75, 3.05) is 26.2 Å². The smallest absolute Gasteiger partial charge is 0.251 e. The minimum atomic E-state index is -0.0134. The van der Waals surface area contributed by atoms with E-state index in [1.54, 1.807) is 0 Å². The minimum Gasteiger partial charge on any atom is -0.352 e. The largest absolute Gasteiger partial charge is 0.352 e. The fraction of sp³-hybridized carbons (Fsp3) is 0.619. The summed E-state index contributed by atoms with van der Waals surface area (Å²) in [6, 6.07) is 8.30. The summed E-state index contributed by atoms with van der Waals surface area (Å²) >= 11 is 0. The molecule has 2 saturated heterocycles. The zero-order valence-electron chi connectivity index (χ0n) is 15.9. The lowest BCUT2D eigenvalue weighted by molar-refractivity contribution is -0.128. The maximum atomic E-state index is 12.3. The van der Waals surface area contributed by atoms with Gasteiger partial charge in [-0.25, -0.2) is 0 Å². The third-order valence-corrected chi connectivity index (χ3v) is 5.61. The molecule has 1 N–H and O–H groups in total. The molecule has 2 amide bonds. The van der Waals surface area contributed by atoms with Gasteiger partial charge in [0.15, 0.2) is 0 Å². The van der Waals surface area contributed by atoms with Crippen LogP contribution in [-0.4, -0.2) is 53.8 Å². The summed E-state index contributed by atoms with van der Waals surface area (Å²) in [4.78, 5) is 28.4. The Balaban J connectivity index is 1.39. The number of nitrogens with one attached hydrogen (secondary N) is 1. The van der Waals surface area contributed by atoms with Gasteiger partial charge in [0.1, 0.15) is 0 Å². The zero-order valence-corrected chi connectivity index (χ0v) is 15.9. The number of hydrogen-bond acceptors (Lipinski definition) is 3. The van der Waals surface area contributed by atoms with E-state index in [2.05, 4.69) is 17.1 Å². The van der Waals surface area contributed by atoms with E-state index in [-0.39, 0.29) is 11.8 Å². The Kier molecular flexibility index (Phi) is 6.67. The monoisotopic (exact) mass is 357 g/mol. The summed E-state index contributed by atoms with van der Waals surface area (Å²) in [7, 11) is 0. The topological polar surface area (TPSA) is 52.7 Å². The third-order valence-electron chi connectivity index (χ3n) is 5.61. The highest BCUT2D eigenvalue weighted by Gasteiger charge is 2.20. The Morgan fingerprint density at radius 3 is 2.65 bits per heavy atom. The lowest BCUT2D eigenvalue weighted by atomic mass is 10.0. The van der Waals surface area contributed by atoms with Crippen LogP contribution in [0.2, 0.25) is 0 Å². The Labute approximate surface area is 156 Å². The standard InChI is InChI=1S/C21H31N3O2/c1-17-6-2-3-13-23(17)15-5-12-22-21(26)19-10-8-18(9-11-19)16-24-14-4-7-20(24)25/h8-11,17H,2-7,12-16H2,1H3,(H,22,26)/t17-/m1/s1. The van der Waals surface area contributed by atoms with Crippen molar-refractivity contribution in [3.05, 3.63) is 35.4 Å². The van der Waals surface area contributed by atoms with E-state index in [0.717, 1.165) is 31.5 Å². The zero-order chi connectivity index (χ0) is 18.4. The first kappa shape index (κ1) is 18.9. The summed E-state index contributed by atoms with van der Waals surface area (Å²) < 4.78 is 0. The predicted octanol–water partition coefficient (Wildman–Crippen LogP) is 2.80. The van der Waals surface area contributed by atoms with Crippen LogP contribution in [0.3, 0.4) is 0 Å². The van der Waals surface area contributed by atoms with Crippen molar-refractivity contribution in [3.63, 3.8) is 0 Å². The molecule has 142 valence electrons. The summed E-state index contributed by atoms with van der Waals surface area (Å²) in [6.07, 6.45) is 6.54. The van der Waals surface area contributed by atoms with E-state index < -0.39 is 0 Å². The number of nitrogens with zero attached hydrogens (tertiary/aromatic N) is 2. The summed E-state index contributed by atoms with van der Waals surface area (Å²) in [5.74, 6) is 0.218. The highest BCUT2D eigenvalue weighted by molar-refractivity contribution is 5.94. The molecule has 3 rings (SSSR count). The van der Waals surface area contributed by atoms with Crippen LogP contribution in [-0.2, 0) is 11.3 Å². The van der Waals surface area contributed by atoms with Crippen molar-refractivity contribution >= 4 is 11.8 Å². The van der Waals surface area contributed by atoms with Crippen LogP contribution in [0.5, 0.6) is 0 Å². The molecular weight excluding hydrogens is 326 g/mol. The molecule has 2 aliphatic heterocycles. The molecule has 5 nitrogen and oxygen atoms in total. The SMILES string of the molecule is C[C@@H]1CCCCN1CCCNC(=O)c1ccc(CN2CCCC2=O)cc1. The molecule has 0 aromatic heterocycles. The van der Waals surface area contributed by atoms with Crippen LogP contribution in [0.4, 0.5) is 0 Å². The van der Waals surface area contributed by atoms with Gasteiger partial charge >= 0.3 is 0 Å². The van der Waals surface area contributed by atoms with Gasteiger partial charge in [-0.2, -0.15) is 0 Å². The van der Waals surface area contributed by atoms with Gasteiger partial charge in [-0.05, 0) is 56.8 Å². The number of piperidine rings is 1. The normalized spacial score (nSPS) is 21.2. The van der Waals surface area contributed by atoms with Gasteiger partial charge in [-0.1, -0.05) is 18.6 Å². The van der Waals surface area contributed by atoms with Gasteiger partial charge in [0.25, 0.3) is 5.91 Å². The maximum absolute atomic E-state index is 12.3. The number of benzene rings is 1. The van der Waals surface area contributed by atoms with Crippen LogP contribution in [0, 0.1) is 0 Å².